The van der Waals surface area contributed by atoms with Crippen molar-refractivity contribution in [3.63, 3.8) is 0 Å². The van der Waals surface area contributed by atoms with E-state index in [1.54, 1.807) is 18.2 Å². The van der Waals surface area contributed by atoms with Gasteiger partial charge in [-0.1, -0.05) is 36.4 Å². The maximum absolute atomic E-state index is 10.7. The van der Waals surface area contributed by atoms with Crippen LogP contribution >= 0.6 is 12.2 Å². The van der Waals surface area contributed by atoms with E-state index in [0.717, 1.165) is 16.4 Å². The topological polar surface area (TPSA) is 43.4 Å². The van der Waals surface area contributed by atoms with Crippen LogP contribution in [0.3, 0.4) is 0 Å². The Morgan fingerprint density at radius 2 is 1.18 bits per heavy atom. The molecule has 0 atom stereocenters. The summed E-state index contributed by atoms with van der Waals surface area (Å²) in [7, 11) is 0. The van der Waals surface area contributed by atoms with Gasteiger partial charge in [-0.25, -0.2) is 4.79 Å². The molecule has 2 aromatic carbocycles. The molecule has 4 heteroatoms. The summed E-state index contributed by atoms with van der Waals surface area (Å²) in [6, 6.07) is 22.1. The van der Waals surface area contributed by atoms with Crippen molar-refractivity contribution in [3.05, 3.63) is 87.9 Å². The van der Waals surface area contributed by atoms with E-state index in [9.17, 15) is 4.79 Å². The molecule has 0 aliphatic heterocycles. The molecule has 2 heterocycles. The molecule has 22 heavy (non-hydrogen) atoms. The third-order valence-electron chi connectivity index (χ3n) is 3.06. The minimum atomic E-state index is -0.302. The Balaban J connectivity index is 0.000000131. The third-order valence-corrected chi connectivity index (χ3v) is 3.28. The van der Waals surface area contributed by atoms with E-state index >= 15 is 0 Å². The first-order chi connectivity index (χ1) is 10.7. The van der Waals surface area contributed by atoms with E-state index in [1.807, 2.05) is 48.5 Å². The molecule has 0 amide bonds. The molecule has 0 aliphatic carbocycles. The Bertz CT molecular complexity index is 946. The molecule has 4 rings (SSSR count). The van der Waals surface area contributed by atoms with Gasteiger partial charge in [0.05, 0.1) is 0 Å². The largest absolute Gasteiger partial charge is 0.445 e. The lowest BCUT2D eigenvalue weighted by Crippen LogP contribution is -1.93. The van der Waals surface area contributed by atoms with Crippen LogP contribution in [0.1, 0.15) is 0 Å². The number of rotatable bonds is 0. The summed E-state index contributed by atoms with van der Waals surface area (Å²) in [4.78, 5) is 10.7. The molecule has 0 unspecified atom stereocenters. The van der Waals surface area contributed by atoms with E-state index in [-0.39, 0.29) is 5.63 Å². The van der Waals surface area contributed by atoms with Gasteiger partial charge in [-0.2, -0.15) is 0 Å². The van der Waals surface area contributed by atoms with Crippen LogP contribution in [0.15, 0.2) is 86.4 Å². The molecule has 0 saturated carbocycles. The van der Waals surface area contributed by atoms with E-state index in [4.69, 9.17) is 21.1 Å². The van der Waals surface area contributed by atoms with Crippen molar-refractivity contribution in [1.29, 1.82) is 0 Å². The maximum atomic E-state index is 10.7. The third kappa shape index (κ3) is 3.30. The van der Waals surface area contributed by atoms with Gasteiger partial charge in [-0.05, 0) is 42.5 Å². The van der Waals surface area contributed by atoms with Gasteiger partial charge < -0.3 is 8.83 Å². The van der Waals surface area contributed by atoms with E-state index in [2.05, 4.69) is 0 Å². The summed E-state index contributed by atoms with van der Waals surface area (Å²) in [6.45, 7) is 0. The number of hydrogen-bond acceptors (Lipinski definition) is 4. The van der Waals surface area contributed by atoms with Gasteiger partial charge in [0.1, 0.15) is 11.2 Å². The first-order valence-corrected chi connectivity index (χ1v) is 7.11. The summed E-state index contributed by atoms with van der Waals surface area (Å²) in [6.07, 6.45) is 0. The van der Waals surface area contributed by atoms with Crippen molar-refractivity contribution in [3.8, 4) is 0 Å². The fraction of sp³-hybridized carbons (Fsp3) is 0. The predicted molar refractivity (Wildman–Crippen MR) is 89.5 cm³/mol. The van der Waals surface area contributed by atoms with Crippen molar-refractivity contribution in [2.24, 2.45) is 0 Å². The van der Waals surface area contributed by atoms with Crippen LogP contribution in [0.25, 0.3) is 21.9 Å². The van der Waals surface area contributed by atoms with Gasteiger partial charge >= 0.3 is 5.63 Å². The van der Waals surface area contributed by atoms with E-state index in [0.29, 0.717) is 10.3 Å². The highest BCUT2D eigenvalue weighted by Gasteiger charge is 1.92. The van der Waals surface area contributed by atoms with Crippen LogP contribution in [-0.2, 0) is 0 Å². The molecule has 0 saturated heterocycles. The zero-order valence-corrected chi connectivity index (χ0v) is 12.4. The number of hydrogen-bond donors (Lipinski definition) is 0. The minimum absolute atomic E-state index is 0.302. The van der Waals surface area contributed by atoms with Crippen molar-refractivity contribution in [2.75, 3.05) is 0 Å². The normalized spacial score (nSPS) is 10.2. The average molecular weight is 308 g/mol. The molecular weight excluding hydrogens is 296 g/mol. The predicted octanol–water partition coefficient (Wildman–Crippen LogP) is 4.96. The SMILES string of the molecule is O=c1ccc2ccccc2o1.S=c1ccc2ccccc2o1. The standard InChI is InChI=1S/C9H6O2.C9H6OS/c10-9-6-5-7-3-1-2-4-8(7)11-9;11-9-6-5-7-3-1-2-4-8(7)10-9/h2*1-6H. The summed E-state index contributed by atoms with van der Waals surface area (Å²) < 4.78 is 10.7. The van der Waals surface area contributed by atoms with Crippen molar-refractivity contribution in [1.82, 2.24) is 0 Å². The van der Waals surface area contributed by atoms with Crippen LogP contribution in [0.2, 0.25) is 0 Å². The zero-order chi connectivity index (χ0) is 15.4. The smallest absolute Gasteiger partial charge is 0.336 e. The van der Waals surface area contributed by atoms with E-state index < -0.39 is 0 Å². The number of para-hydroxylation sites is 2. The molecular formula is C18H12O3S. The lowest BCUT2D eigenvalue weighted by atomic mass is 10.2. The van der Waals surface area contributed by atoms with E-state index in [1.165, 1.54) is 6.07 Å². The highest BCUT2D eigenvalue weighted by atomic mass is 32.1. The van der Waals surface area contributed by atoms with Crippen molar-refractivity contribution < 1.29 is 8.83 Å². The fourth-order valence-corrected chi connectivity index (χ4v) is 2.18. The molecule has 0 aliphatic rings. The second-order valence-corrected chi connectivity index (χ2v) is 4.99. The summed E-state index contributed by atoms with van der Waals surface area (Å²) in [5, 5.41) is 2.04. The Kier molecular flexibility index (Phi) is 4.12. The number of benzene rings is 2. The van der Waals surface area contributed by atoms with Gasteiger partial charge in [0, 0.05) is 16.8 Å². The average Bonchev–Trinajstić information content (AvgIpc) is 2.55. The lowest BCUT2D eigenvalue weighted by Gasteiger charge is -1.92. The van der Waals surface area contributed by atoms with Gasteiger partial charge in [-0.15, -0.1) is 0 Å². The molecule has 2 aromatic heterocycles. The summed E-state index contributed by atoms with van der Waals surface area (Å²) >= 11 is 4.87. The molecule has 0 spiro atoms. The Hall–Kier alpha value is -2.72. The molecule has 108 valence electrons. The number of fused-ring (bicyclic) bond motifs is 2. The molecule has 0 bridgehead atoms. The Morgan fingerprint density at radius 3 is 1.86 bits per heavy atom. The van der Waals surface area contributed by atoms with Gasteiger partial charge in [0.2, 0.25) is 0 Å². The van der Waals surface area contributed by atoms with Gasteiger partial charge in [-0.3, -0.25) is 0 Å². The zero-order valence-electron chi connectivity index (χ0n) is 11.6. The first-order valence-electron chi connectivity index (χ1n) is 6.70. The molecule has 0 fully saturated rings. The van der Waals surface area contributed by atoms with Crippen LogP contribution in [0.5, 0.6) is 0 Å². The van der Waals surface area contributed by atoms with Crippen LogP contribution in [0.4, 0.5) is 0 Å². The molecule has 0 N–H and O–H groups in total. The molecule has 3 nitrogen and oxygen atoms in total. The van der Waals surface area contributed by atoms with Crippen LogP contribution in [0, 0.1) is 4.71 Å². The highest BCUT2D eigenvalue weighted by Crippen LogP contribution is 2.12. The summed E-state index contributed by atoms with van der Waals surface area (Å²) in [5.41, 5.74) is 1.18. The Labute approximate surface area is 131 Å². The lowest BCUT2D eigenvalue weighted by molar-refractivity contribution is 0.561. The van der Waals surface area contributed by atoms with Gasteiger partial charge in [0.15, 0.2) is 4.71 Å². The van der Waals surface area contributed by atoms with Crippen LogP contribution < -0.4 is 5.63 Å². The maximum Gasteiger partial charge on any atom is 0.336 e. The summed E-state index contributed by atoms with van der Waals surface area (Å²) in [5.74, 6) is 0. The van der Waals surface area contributed by atoms with Crippen molar-refractivity contribution >= 4 is 34.2 Å². The first kappa shape index (κ1) is 14.2. The molecule has 4 aromatic rings. The fourth-order valence-electron chi connectivity index (χ4n) is 2.02. The Morgan fingerprint density at radius 1 is 0.636 bits per heavy atom. The minimum Gasteiger partial charge on any atom is -0.445 e. The second-order valence-electron chi connectivity index (χ2n) is 4.58. The molecule has 0 radical (unpaired) electrons. The van der Waals surface area contributed by atoms with Crippen LogP contribution in [-0.4, -0.2) is 0 Å². The monoisotopic (exact) mass is 308 g/mol. The van der Waals surface area contributed by atoms with Gasteiger partial charge in [0.25, 0.3) is 0 Å². The van der Waals surface area contributed by atoms with Crippen molar-refractivity contribution in [2.45, 2.75) is 0 Å². The second kappa shape index (κ2) is 6.37. The highest BCUT2D eigenvalue weighted by molar-refractivity contribution is 7.71. The quantitative estimate of drug-likeness (QED) is 0.340.